The minimum absolute atomic E-state index is 0.0687. The summed E-state index contributed by atoms with van der Waals surface area (Å²) in [5, 5.41) is 0. The van der Waals surface area contributed by atoms with Crippen LogP contribution in [0.25, 0.3) is 0 Å². The molecule has 118 valence electrons. The molecule has 23 heavy (non-hydrogen) atoms. The summed E-state index contributed by atoms with van der Waals surface area (Å²) in [6.07, 6.45) is 4.22. The molecule has 4 atom stereocenters. The molecule has 1 saturated carbocycles. The number of hydrogen-bond donors (Lipinski definition) is 0. The molecule has 1 aromatic carbocycles. The molecular weight excluding hydrogens is 290 g/mol. The van der Waals surface area contributed by atoms with Gasteiger partial charge in [-0.05, 0) is 38.1 Å². The zero-order valence-electron chi connectivity index (χ0n) is 13.4. The average molecular weight is 309 g/mol. The van der Waals surface area contributed by atoms with Crippen LogP contribution in [0.3, 0.4) is 0 Å². The van der Waals surface area contributed by atoms with Crippen LogP contribution < -0.4 is 9.64 Å². The van der Waals surface area contributed by atoms with Gasteiger partial charge in [-0.25, -0.2) is 4.90 Å². The minimum atomic E-state index is -0.232. The standard InChI is InChI=1S/C19H19NO3/c1-10(2)15-13-8-9-14(15)17-16(13)18(21)20(19(17)22)11-4-6-12(23-3)7-5-11/h4-9,13-14,16-17H,1-3H3/t13-,14-,16+,17+/m0/s1. The van der Waals surface area contributed by atoms with Crippen molar-refractivity contribution in [1.82, 2.24) is 0 Å². The molecular formula is C19H19NO3. The number of anilines is 1. The Morgan fingerprint density at radius 3 is 1.91 bits per heavy atom. The molecule has 4 heteroatoms. The quantitative estimate of drug-likeness (QED) is 0.623. The monoisotopic (exact) mass is 309 g/mol. The van der Waals surface area contributed by atoms with E-state index in [9.17, 15) is 9.59 Å². The highest BCUT2D eigenvalue weighted by atomic mass is 16.5. The topological polar surface area (TPSA) is 46.6 Å². The van der Waals surface area contributed by atoms with Crippen LogP contribution in [-0.2, 0) is 9.59 Å². The second-order valence-corrected chi connectivity index (χ2v) is 6.65. The van der Waals surface area contributed by atoms with Crippen LogP contribution in [0.5, 0.6) is 5.75 Å². The zero-order chi connectivity index (χ0) is 16.3. The summed E-state index contributed by atoms with van der Waals surface area (Å²) in [6, 6.07) is 7.09. The first-order chi connectivity index (χ1) is 11.0. The molecule has 2 bridgehead atoms. The fourth-order valence-corrected chi connectivity index (χ4v) is 4.42. The third-order valence-electron chi connectivity index (χ3n) is 5.32. The second kappa shape index (κ2) is 4.82. The van der Waals surface area contributed by atoms with Crippen molar-refractivity contribution in [2.24, 2.45) is 23.7 Å². The van der Waals surface area contributed by atoms with E-state index in [-0.39, 0.29) is 35.5 Å². The number of benzene rings is 1. The lowest BCUT2D eigenvalue weighted by Crippen LogP contribution is -2.33. The Hall–Kier alpha value is -2.36. The maximum absolute atomic E-state index is 12.9. The lowest BCUT2D eigenvalue weighted by atomic mass is 9.85. The van der Waals surface area contributed by atoms with E-state index in [1.807, 2.05) is 0 Å². The van der Waals surface area contributed by atoms with Crippen molar-refractivity contribution >= 4 is 17.5 Å². The third-order valence-corrected chi connectivity index (χ3v) is 5.32. The number of imide groups is 1. The molecule has 2 aliphatic carbocycles. The lowest BCUT2D eigenvalue weighted by molar-refractivity contribution is -0.122. The van der Waals surface area contributed by atoms with Crippen molar-refractivity contribution < 1.29 is 14.3 Å². The van der Waals surface area contributed by atoms with Crippen molar-refractivity contribution in [3.63, 3.8) is 0 Å². The minimum Gasteiger partial charge on any atom is -0.497 e. The molecule has 1 saturated heterocycles. The number of ether oxygens (including phenoxy) is 1. The van der Waals surface area contributed by atoms with Crippen molar-refractivity contribution in [3.05, 3.63) is 47.6 Å². The van der Waals surface area contributed by atoms with E-state index in [0.29, 0.717) is 11.4 Å². The molecule has 4 nitrogen and oxygen atoms in total. The van der Waals surface area contributed by atoms with Crippen LogP contribution in [-0.4, -0.2) is 18.9 Å². The highest BCUT2D eigenvalue weighted by molar-refractivity contribution is 6.23. The summed E-state index contributed by atoms with van der Waals surface area (Å²) in [7, 11) is 1.59. The van der Waals surface area contributed by atoms with Crippen molar-refractivity contribution in [3.8, 4) is 5.75 Å². The SMILES string of the molecule is COc1ccc(N2C(=O)[C@H]3[C@H](C2=O)[C@H]2C=C[C@H]3C2=C(C)C)cc1. The van der Waals surface area contributed by atoms with E-state index in [4.69, 9.17) is 4.74 Å². The van der Waals surface area contributed by atoms with Crippen molar-refractivity contribution in [1.29, 1.82) is 0 Å². The summed E-state index contributed by atoms with van der Waals surface area (Å²) < 4.78 is 5.14. The zero-order valence-corrected chi connectivity index (χ0v) is 13.4. The van der Waals surface area contributed by atoms with E-state index >= 15 is 0 Å². The number of nitrogens with zero attached hydrogens (tertiary/aromatic N) is 1. The summed E-state index contributed by atoms with van der Waals surface area (Å²) in [6.45, 7) is 4.14. The number of fused-ring (bicyclic) bond motifs is 5. The Morgan fingerprint density at radius 2 is 1.48 bits per heavy atom. The number of amides is 2. The van der Waals surface area contributed by atoms with Gasteiger partial charge in [0.05, 0.1) is 24.6 Å². The van der Waals surface area contributed by atoms with Gasteiger partial charge in [0.25, 0.3) is 0 Å². The molecule has 4 rings (SSSR count). The first kappa shape index (κ1) is 14.2. The molecule has 1 aliphatic heterocycles. The van der Waals surface area contributed by atoms with Crippen LogP contribution in [0, 0.1) is 23.7 Å². The van der Waals surface area contributed by atoms with Gasteiger partial charge in [-0.1, -0.05) is 23.3 Å². The molecule has 0 N–H and O–H groups in total. The molecule has 0 spiro atoms. The number of carbonyl (C=O) groups excluding carboxylic acids is 2. The largest absolute Gasteiger partial charge is 0.497 e. The van der Waals surface area contributed by atoms with Crippen LogP contribution >= 0.6 is 0 Å². The van der Waals surface area contributed by atoms with Gasteiger partial charge in [0, 0.05) is 11.8 Å². The average Bonchev–Trinajstić information content (AvgIpc) is 3.18. The van der Waals surface area contributed by atoms with E-state index in [1.165, 1.54) is 16.0 Å². The molecule has 2 amide bonds. The van der Waals surface area contributed by atoms with Crippen LogP contribution in [0.4, 0.5) is 5.69 Å². The fourth-order valence-electron chi connectivity index (χ4n) is 4.42. The third kappa shape index (κ3) is 1.78. The first-order valence-corrected chi connectivity index (χ1v) is 7.92. The van der Waals surface area contributed by atoms with Gasteiger partial charge >= 0.3 is 0 Å². The molecule has 0 aromatic heterocycles. The van der Waals surface area contributed by atoms with Crippen molar-refractivity contribution in [2.75, 3.05) is 12.0 Å². The number of carbonyl (C=O) groups is 2. The van der Waals surface area contributed by atoms with Gasteiger partial charge in [-0.2, -0.15) is 0 Å². The molecule has 1 heterocycles. The maximum Gasteiger partial charge on any atom is 0.238 e. The second-order valence-electron chi connectivity index (χ2n) is 6.65. The van der Waals surface area contributed by atoms with Gasteiger partial charge in [-0.3, -0.25) is 9.59 Å². The van der Waals surface area contributed by atoms with Crippen LogP contribution in [0.15, 0.2) is 47.6 Å². The summed E-state index contributed by atoms with van der Waals surface area (Å²) >= 11 is 0. The number of hydrogen-bond acceptors (Lipinski definition) is 3. The molecule has 1 aromatic rings. The molecule has 0 unspecified atom stereocenters. The summed E-state index contributed by atoms with van der Waals surface area (Å²) in [4.78, 5) is 27.2. The Labute approximate surface area is 135 Å². The lowest BCUT2D eigenvalue weighted by Gasteiger charge is -2.19. The first-order valence-electron chi connectivity index (χ1n) is 7.92. The molecule has 3 aliphatic rings. The van der Waals surface area contributed by atoms with E-state index in [1.54, 1.807) is 31.4 Å². The Balaban J connectivity index is 1.72. The number of rotatable bonds is 2. The van der Waals surface area contributed by atoms with Crippen LogP contribution in [0.2, 0.25) is 0 Å². The number of allylic oxidation sites excluding steroid dienone is 4. The summed E-state index contributed by atoms with van der Waals surface area (Å²) in [5.41, 5.74) is 3.14. The Kier molecular flexibility index (Phi) is 2.98. The van der Waals surface area contributed by atoms with Crippen LogP contribution in [0.1, 0.15) is 13.8 Å². The highest BCUT2D eigenvalue weighted by Gasteiger charge is 2.61. The predicted molar refractivity (Wildman–Crippen MR) is 87.0 cm³/mol. The molecule has 2 fully saturated rings. The summed E-state index contributed by atoms with van der Waals surface area (Å²) in [5.74, 6) is 0.293. The Morgan fingerprint density at radius 1 is 0.957 bits per heavy atom. The normalized spacial score (nSPS) is 31.1. The highest BCUT2D eigenvalue weighted by Crippen LogP contribution is 2.57. The van der Waals surface area contributed by atoms with Gasteiger partial charge in [0.1, 0.15) is 5.75 Å². The van der Waals surface area contributed by atoms with Gasteiger partial charge in [-0.15, -0.1) is 0 Å². The van der Waals surface area contributed by atoms with Gasteiger partial charge in [0.2, 0.25) is 11.8 Å². The fraction of sp³-hybridized carbons (Fsp3) is 0.368. The Bertz CT molecular complexity index is 721. The van der Waals surface area contributed by atoms with E-state index < -0.39 is 0 Å². The number of methoxy groups -OCH3 is 1. The maximum atomic E-state index is 12.9. The van der Waals surface area contributed by atoms with E-state index in [0.717, 1.165) is 0 Å². The predicted octanol–water partition coefficient (Wildman–Crippen LogP) is 2.95. The smallest absolute Gasteiger partial charge is 0.238 e. The van der Waals surface area contributed by atoms with Gasteiger partial charge in [0.15, 0.2) is 0 Å². The van der Waals surface area contributed by atoms with E-state index in [2.05, 4.69) is 26.0 Å². The van der Waals surface area contributed by atoms with Gasteiger partial charge < -0.3 is 4.74 Å². The van der Waals surface area contributed by atoms with Crippen molar-refractivity contribution in [2.45, 2.75) is 13.8 Å². The molecule has 0 radical (unpaired) electrons.